The monoisotopic (exact) mass is 500 g/mol. The molecular formula is C29H25ClN2O4. The van der Waals surface area contributed by atoms with Gasteiger partial charge < -0.3 is 9.47 Å². The Labute approximate surface area is 214 Å². The Balaban J connectivity index is 1.41. The van der Waals surface area contributed by atoms with Gasteiger partial charge in [0.2, 0.25) is 0 Å². The highest BCUT2D eigenvalue weighted by atomic mass is 35.5. The second-order valence-corrected chi connectivity index (χ2v) is 9.99. The topological polar surface area (TPSA) is 77.5 Å². The van der Waals surface area contributed by atoms with Gasteiger partial charge in [-0.15, -0.1) is 0 Å². The summed E-state index contributed by atoms with van der Waals surface area (Å²) in [4.78, 5) is 29.2. The van der Waals surface area contributed by atoms with Gasteiger partial charge in [0.15, 0.2) is 0 Å². The fourth-order valence-corrected chi connectivity index (χ4v) is 4.67. The van der Waals surface area contributed by atoms with Crippen molar-refractivity contribution in [1.29, 1.82) is 0 Å². The number of aromatic nitrogens is 1. The fourth-order valence-electron chi connectivity index (χ4n) is 4.58. The summed E-state index contributed by atoms with van der Waals surface area (Å²) in [7, 11) is 0. The molecule has 1 N–H and O–H groups in total. The van der Waals surface area contributed by atoms with Crippen molar-refractivity contribution in [2.75, 3.05) is 11.9 Å². The lowest BCUT2D eigenvalue weighted by Crippen LogP contribution is -2.23. The standard InChI is InChI=1S/C29H25ClN2O4/c1-29(2,3)36-25-15-24(27(30)33)31-26-21(25)13-8-14-23(26)32-28(34)35-16-22-19-11-6-4-9-17(19)18-10-5-7-12-20(18)22/h4-15,22H,16H2,1-3H3,(H,32,34). The molecule has 0 unspecified atom stereocenters. The van der Waals surface area contributed by atoms with Gasteiger partial charge in [0, 0.05) is 17.4 Å². The van der Waals surface area contributed by atoms with Crippen LogP contribution in [0.5, 0.6) is 5.75 Å². The fraction of sp³-hybridized carbons (Fsp3) is 0.207. The van der Waals surface area contributed by atoms with Crippen LogP contribution in [0.4, 0.5) is 10.5 Å². The first kappa shape index (κ1) is 23.8. The molecule has 0 saturated heterocycles. The third kappa shape index (κ3) is 4.64. The average molecular weight is 501 g/mol. The van der Waals surface area contributed by atoms with Crippen LogP contribution in [0.1, 0.15) is 48.3 Å². The lowest BCUT2D eigenvalue weighted by molar-refractivity contribution is 0.107. The van der Waals surface area contributed by atoms with Crippen LogP contribution >= 0.6 is 11.6 Å². The van der Waals surface area contributed by atoms with E-state index >= 15 is 0 Å². The van der Waals surface area contributed by atoms with E-state index in [2.05, 4.69) is 34.6 Å². The van der Waals surface area contributed by atoms with Gasteiger partial charge in [0.05, 0.1) is 11.2 Å². The number of hydrogen-bond donors (Lipinski definition) is 1. The molecule has 1 aliphatic carbocycles. The number of nitrogens with zero attached hydrogens (tertiary/aromatic N) is 1. The maximum atomic E-state index is 12.9. The van der Waals surface area contributed by atoms with Crippen LogP contribution in [0.15, 0.2) is 72.8 Å². The highest BCUT2D eigenvalue weighted by Crippen LogP contribution is 2.44. The molecule has 7 heteroatoms. The zero-order valence-electron chi connectivity index (χ0n) is 20.2. The number of benzene rings is 3. The molecule has 0 bridgehead atoms. The highest BCUT2D eigenvalue weighted by molar-refractivity contribution is 6.67. The van der Waals surface area contributed by atoms with Gasteiger partial charge in [-0.25, -0.2) is 9.78 Å². The minimum Gasteiger partial charge on any atom is -0.487 e. The molecule has 4 aromatic rings. The van der Waals surface area contributed by atoms with Crippen LogP contribution in [0, 0.1) is 0 Å². The van der Waals surface area contributed by atoms with E-state index < -0.39 is 16.9 Å². The van der Waals surface area contributed by atoms with Crippen LogP contribution in [-0.4, -0.2) is 28.5 Å². The molecule has 0 spiro atoms. The Kier molecular flexibility index (Phi) is 6.14. The number of rotatable bonds is 5. The van der Waals surface area contributed by atoms with Crippen molar-refractivity contribution < 1.29 is 19.1 Å². The minimum atomic E-state index is -0.716. The number of halogens is 1. The van der Waals surface area contributed by atoms with Gasteiger partial charge in [-0.1, -0.05) is 54.6 Å². The highest BCUT2D eigenvalue weighted by Gasteiger charge is 2.29. The van der Waals surface area contributed by atoms with E-state index in [9.17, 15) is 9.59 Å². The predicted octanol–water partition coefficient (Wildman–Crippen LogP) is 7.15. The summed E-state index contributed by atoms with van der Waals surface area (Å²) in [6.45, 7) is 5.89. The normalized spacial score (nSPS) is 12.7. The summed E-state index contributed by atoms with van der Waals surface area (Å²) in [5, 5.41) is 2.71. The number of hydrogen-bond acceptors (Lipinski definition) is 5. The number of para-hydroxylation sites is 1. The molecule has 6 nitrogen and oxygen atoms in total. The Hall–Kier alpha value is -3.90. The SMILES string of the molecule is CC(C)(C)Oc1cc(C(=O)Cl)nc2c(NC(=O)OCC3c4ccccc4-c4ccccc43)cccc12. The van der Waals surface area contributed by atoms with Crippen LogP contribution in [0.3, 0.4) is 0 Å². The van der Waals surface area contributed by atoms with Crippen LogP contribution < -0.4 is 10.1 Å². The summed E-state index contributed by atoms with van der Waals surface area (Å²) in [6, 6.07) is 23.1. The summed E-state index contributed by atoms with van der Waals surface area (Å²) < 4.78 is 11.7. The lowest BCUT2D eigenvalue weighted by atomic mass is 9.98. The summed E-state index contributed by atoms with van der Waals surface area (Å²) in [5.74, 6) is 0.397. The van der Waals surface area contributed by atoms with E-state index in [-0.39, 0.29) is 18.2 Å². The second-order valence-electron chi connectivity index (χ2n) is 9.65. The Morgan fingerprint density at radius 1 is 0.944 bits per heavy atom. The number of carbonyl (C=O) groups excluding carboxylic acids is 2. The van der Waals surface area contributed by atoms with E-state index in [1.54, 1.807) is 12.1 Å². The third-order valence-corrected chi connectivity index (χ3v) is 6.19. The summed E-state index contributed by atoms with van der Waals surface area (Å²) in [6.07, 6.45) is -0.618. The quantitative estimate of drug-likeness (QED) is 0.294. The van der Waals surface area contributed by atoms with Crippen molar-refractivity contribution in [2.24, 2.45) is 0 Å². The van der Waals surface area contributed by atoms with E-state index in [0.717, 1.165) is 22.3 Å². The maximum Gasteiger partial charge on any atom is 0.411 e. The van der Waals surface area contributed by atoms with Crippen molar-refractivity contribution in [3.05, 3.63) is 89.6 Å². The molecule has 3 aromatic carbocycles. The molecule has 0 atom stereocenters. The van der Waals surface area contributed by atoms with Crippen molar-refractivity contribution in [2.45, 2.75) is 32.3 Å². The zero-order valence-corrected chi connectivity index (χ0v) is 20.9. The second kappa shape index (κ2) is 9.28. The van der Waals surface area contributed by atoms with E-state index in [1.807, 2.05) is 51.1 Å². The van der Waals surface area contributed by atoms with Gasteiger partial charge in [-0.3, -0.25) is 10.1 Å². The molecule has 1 heterocycles. The molecule has 36 heavy (non-hydrogen) atoms. The molecule has 0 saturated carbocycles. The minimum absolute atomic E-state index is 0.0326. The van der Waals surface area contributed by atoms with Crippen LogP contribution in [0.25, 0.3) is 22.0 Å². The Morgan fingerprint density at radius 3 is 2.19 bits per heavy atom. The van der Waals surface area contributed by atoms with E-state index in [4.69, 9.17) is 21.1 Å². The van der Waals surface area contributed by atoms with E-state index in [0.29, 0.717) is 22.3 Å². The molecule has 5 rings (SSSR count). The number of fused-ring (bicyclic) bond motifs is 4. The van der Waals surface area contributed by atoms with Gasteiger partial charge in [0.1, 0.15) is 23.7 Å². The first-order valence-electron chi connectivity index (χ1n) is 11.7. The first-order chi connectivity index (χ1) is 17.2. The number of ether oxygens (including phenoxy) is 2. The molecule has 1 aromatic heterocycles. The smallest absolute Gasteiger partial charge is 0.411 e. The van der Waals surface area contributed by atoms with Gasteiger partial charge in [0.25, 0.3) is 5.24 Å². The zero-order chi connectivity index (χ0) is 25.4. The molecule has 1 amide bonds. The van der Waals surface area contributed by atoms with Crippen LogP contribution in [-0.2, 0) is 4.74 Å². The summed E-state index contributed by atoms with van der Waals surface area (Å²) >= 11 is 5.74. The maximum absolute atomic E-state index is 12.9. The summed E-state index contributed by atoms with van der Waals surface area (Å²) in [5.41, 5.74) is 4.87. The number of nitrogens with one attached hydrogen (secondary N) is 1. The number of amides is 1. The van der Waals surface area contributed by atoms with Gasteiger partial charge in [-0.2, -0.15) is 0 Å². The largest absolute Gasteiger partial charge is 0.487 e. The number of anilines is 1. The predicted molar refractivity (Wildman–Crippen MR) is 141 cm³/mol. The van der Waals surface area contributed by atoms with E-state index in [1.165, 1.54) is 6.07 Å². The van der Waals surface area contributed by atoms with Crippen molar-refractivity contribution in [1.82, 2.24) is 4.98 Å². The lowest BCUT2D eigenvalue weighted by Gasteiger charge is -2.23. The molecule has 0 fully saturated rings. The molecule has 182 valence electrons. The van der Waals surface area contributed by atoms with Crippen molar-refractivity contribution >= 4 is 39.5 Å². The van der Waals surface area contributed by atoms with Crippen molar-refractivity contribution in [3.8, 4) is 16.9 Å². The average Bonchev–Trinajstić information content (AvgIpc) is 3.16. The third-order valence-electron chi connectivity index (χ3n) is 6.00. The Morgan fingerprint density at radius 2 is 1.58 bits per heavy atom. The van der Waals surface area contributed by atoms with Crippen molar-refractivity contribution in [3.63, 3.8) is 0 Å². The van der Waals surface area contributed by atoms with Gasteiger partial charge in [-0.05, 0) is 66.8 Å². The first-order valence-corrected chi connectivity index (χ1v) is 12.0. The molecule has 0 radical (unpaired) electrons. The van der Waals surface area contributed by atoms with Crippen LogP contribution in [0.2, 0.25) is 0 Å². The van der Waals surface area contributed by atoms with Gasteiger partial charge >= 0.3 is 6.09 Å². The molecule has 1 aliphatic rings. The Bertz CT molecular complexity index is 1450. The molecule has 0 aliphatic heterocycles. The number of carbonyl (C=O) groups is 2. The number of pyridine rings is 1. The molecular weight excluding hydrogens is 476 g/mol.